The van der Waals surface area contributed by atoms with Crippen molar-refractivity contribution in [2.24, 2.45) is 5.92 Å². The Kier molecular flexibility index (Phi) is 5.63. The van der Waals surface area contributed by atoms with Gasteiger partial charge in [0.25, 0.3) is 11.8 Å². The monoisotopic (exact) mass is 384 g/mol. The molecule has 2 amide bonds. The summed E-state index contributed by atoms with van der Waals surface area (Å²) in [4.78, 5) is 24.9. The number of benzene rings is 2. The molecule has 1 aliphatic rings. The van der Waals surface area contributed by atoms with E-state index in [4.69, 9.17) is 9.47 Å². The standard InChI is InChI=1S/C21H21FN2O4/c1-13(2)12-28-18-9-4-14(11-19(18)27-3)10-17-20(25)23-24(21(17)26)16-7-5-15(22)6-8-16/h4-11,13H,12H2,1-3H3,(H,23,25). The van der Waals surface area contributed by atoms with Crippen LogP contribution in [0, 0.1) is 11.7 Å². The zero-order chi connectivity index (χ0) is 20.3. The van der Waals surface area contributed by atoms with E-state index in [0.29, 0.717) is 35.3 Å². The molecule has 1 N–H and O–H groups in total. The lowest BCUT2D eigenvalue weighted by Gasteiger charge is -2.14. The Hall–Kier alpha value is -3.35. The van der Waals surface area contributed by atoms with Crippen LogP contribution in [0.25, 0.3) is 6.08 Å². The fourth-order valence-electron chi connectivity index (χ4n) is 2.65. The lowest BCUT2D eigenvalue weighted by atomic mass is 10.1. The minimum Gasteiger partial charge on any atom is -0.493 e. The predicted octanol–water partition coefficient (Wildman–Crippen LogP) is 3.33. The molecule has 3 rings (SSSR count). The van der Waals surface area contributed by atoms with Crippen LogP contribution in [0.4, 0.5) is 10.1 Å². The average molecular weight is 384 g/mol. The number of amides is 2. The molecule has 0 spiro atoms. The first kappa shape index (κ1) is 19.4. The Morgan fingerprint density at radius 3 is 2.46 bits per heavy atom. The molecule has 0 unspecified atom stereocenters. The molecule has 2 aromatic rings. The van der Waals surface area contributed by atoms with E-state index in [2.05, 4.69) is 5.43 Å². The number of anilines is 1. The van der Waals surface area contributed by atoms with Crippen molar-refractivity contribution in [2.45, 2.75) is 13.8 Å². The number of methoxy groups -OCH3 is 1. The van der Waals surface area contributed by atoms with Crippen LogP contribution in [0.15, 0.2) is 48.0 Å². The van der Waals surface area contributed by atoms with Crippen LogP contribution in [0.3, 0.4) is 0 Å². The minimum atomic E-state index is -0.534. The molecule has 1 fully saturated rings. The van der Waals surface area contributed by atoms with E-state index in [0.717, 1.165) is 5.01 Å². The van der Waals surface area contributed by atoms with Gasteiger partial charge in [0, 0.05) is 0 Å². The quantitative estimate of drug-likeness (QED) is 0.613. The Morgan fingerprint density at radius 1 is 1.11 bits per heavy atom. The van der Waals surface area contributed by atoms with Gasteiger partial charge in [0.15, 0.2) is 11.5 Å². The summed E-state index contributed by atoms with van der Waals surface area (Å²) in [6.45, 7) is 4.63. The van der Waals surface area contributed by atoms with Gasteiger partial charge in [0.1, 0.15) is 11.4 Å². The first-order valence-corrected chi connectivity index (χ1v) is 8.82. The molecule has 0 bridgehead atoms. The Morgan fingerprint density at radius 2 is 1.82 bits per heavy atom. The molecule has 6 nitrogen and oxygen atoms in total. The maximum atomic E-state index is 13.1. The van der Waals surface area contributed by atoms with Crippen molar-refractivity contribution in [3.8, 4) is 11.5 Å². The molecule has 146 valence electrons. The summed E-state index contributed by atoms with van der Waals surface area (Å²) < 4.78 is 24.2. The van der Waals surface area contributed by atoms with Crippen LogP contribution in [0.5, 0.6) is 11.5 Å². The van der Waals surface area contributed by atoms with E-state index in [1.165, 1.54) is 37.5 Å². The Bertz CT molecular complexity index is 923. The van der Waals surface area contributed by atoms with E-state index in [1.807, 2.05) is 13.8 Å². The zero-order valence-corrected chi connectivity index (χ0v) is 15.9. The number of carbonyl (C=O) groups excluding carboxylic acids is 2. The van der Waals surface area contributed by atoms with E-state index >= 15 is 0 Å². The summed E-state index contributed by atoms with van der Waals surface area (Å²) >= 11 is 0. The molecule has 1 heterocycles. The highest BCUT2D eigenvalue weighted by Crippen LogP contribution is 2.30. The van der Waals surface area contributed by atoms with Gasteiger partial charge in [-0.1, -0.05) is 19.9 Å². The van der Waals surface area contributed by atoms with Crippen molar-refractivity contribution in [1.82, 2.24) is 5.43 Å². The number of hydrazine groups is 1. The van der Waals surface area contributed by atoms with Crippen LogP contribution in [0.2, 0.25) is 0 Å². The summed E-state index contributed by atoms with van der Waals surface area (Å²) in [7, 11) is 1.53. The fraction of sp³-hybridized carbons (Fsp3) is 0.238. The molecule has 7 heteroatoms. The van der Waals surface area contributed by atoms with Crippen molar-refractivity contribution in [3.05, 3.63) is 59.4 Å². The summed E-state index contributed by atoms with van der Waals surface area (Å²) in [6, 6.07) is 10.5. The highest BCUT2D eigenvalue weighted by molar-refractivity contribution is 6.31. The maximum Gasteiger partial charge on any atom is 0.282 e. The third-order valence-electron chi connectivity index (χ3n) is 4.05. The number of hydrogen-bond donors (Lipinski definition) is 1. The van der Waals surface area contributed by atoms with Gasteiger partial charge in [0.2, 0.25) is 0 Å². The van der Waals surface area contributed by atoms with Crippen molar-refractivity contribution in [3.63, 3.8) is 0 Å². The number of hydrogen-bond acceptors (Lipinski definition) is 4. The number of nitrogens with one attached hydrogen (secondary N) is 1. The second kappa shape index (κ2) is 8.12. The number of halogens is 1. The fourth-order valence-corrected chi connectivity index (χ4v) is 2.65. The second-order valence-corrected chi connectivity index (χ2v) is 6.73. The smallest absolute Gasteiger partial charge is 0.282 e. The molecule has 2 aromatic carbocycles. The van der Waals surface area contributed by atoms with Gasteiger partial charge in [-0.25, -0.2) is 9.40 Å². The Labute approximate surface area is 162 Å². The lowest BCUT2D eigenvalue weighted by molar-refractivity contribution is -0.117. The van der Waals surface area contributed by atoms with Crippen molar-refractivity contribution in [2.75, 3.05) is 18.7 Å². The summed E-state index contributed by atoms with van der Waals surface area (Å²) in [5, 5.41) is 1.09. The van der Waals surface area contributed by atoms with Crippen LogP contribution >= 0.6 is 0 Å². The zero-order valence-electron chi connectivity index (χ0n) is 15.9. The van der Waals surface area contributed by atoms with Crippen LogP contribution < -0.4 is 19.9 Å². The topological polar surface area (TPSA) is 67.9 Å². The third kappa shape index (κ3) is 4.14. The predicted molar refractivity (Wildman–Crippen MR) is 103 cm³/mol. The molecule has 0 aromatic heterocycles. The van der Waals surface area contributed by atoms with Gasteiger partial charge in [-0.3, -0.25) is 15.0 Å². The maximum absolute atomic E-state index is 13.1. The molecule has 28 heavy (non-hydrogen) atoms. The number of rotatable bonds is 6. The van der Waals surface area contributed by atoms with Crippen molar-refractivity contribution < 1.29 is 23.5 Å². The lowest BCUT2D eigenvalue weighted by Crippen LogP contribution is -2.35. The molecule has 0 saturated carbocycles. The van der Waals surface area contributed by atoms with Crippen LogP contribution in [-0.4, -0.2) is 25.5 Å². The first-order valence-electron chi connectivity index (χ1n) is 8.82. The number of ether oxygens (including phenoxy) is 2. The molecule has 1 saturated heterocycles. The van der Waals surface area contributed by atoms with Crippen molar-refractivity contribution >= 4 is 23.6 Å². The highest BCUT2D eigenvalue weighted by atomic mass is 19.1. The molecule has 0 radical (unpaired) electrons. The summed E-state index contributed by atoms with van der Waals surface area (Å²) in [5.74, 6) is -0.0121. The van der Waals surface area contributed by atoms with E-state index < -0.39 is 17.6 Å². The van der Waals surface area contributed by atoms with Gasteiger partial charge in [-0.2, -0.15) is 0 Å². The van der Waals surface area contributed by atoms with E-state index in [1.54, 1.807) is 18.2 Å². The second-order valence-electron chi connectivity index (χ2n) is 6.73. The molecule has 1 aliphatic heterocycles. The Balaban J connectivity index is 1.85. The van der Waals surface area contributed by atoms with Crippen molar-refractivity contribution in [1.29, 1.82) is 0 Å². The number of carbonyl (C=O) groups is 2. The largest absolute Gasteiger partial charge is 0.493 e. The number of nitrogens with zero attached hydrogens (tertiary/aromatic N) is 1. The van der Waals surface area contributed by atoms with Gasteiger partial charge in [-0.05, 0) is 54.0 Å². The SMILES string of the molecule is COc1cc(C=C2C(=O)NN(c3ccc(F)cc3)C2=O)ccc1OCC(C)C. The van der Waals surface area contributed by atoms with Gasteiger partial charge in [-0.15, -0.1) is 0 Å². The molecular formula is C21H21FN2O4. The molecule has 0 atom stereocenters. The van der Waals surface area contributed by atoms with Gasteiger partial charge >= 0.3 is 0 Å². The summed E-state index contributed by atoms with van der Waals surface area (Å²) in [5.41, 5.74) is 3.45. The summed E-state index contributed by atoms with van der Waals surface area (Å²) in [6.07, 6.45) is 1.48. The van der Waals surface area contributed by atoms with Gasteiger partial charge in [0.05, 0.1) is 19.4 Å². The van der Waals surface area contributed by atoms with Gasteiger partial charge < -0.3 is 9.47 Å². The molecular weight excluding hydrogens is 363 g/mol. The normalized spacial score (nSPS) is 15.3. The van der Waals surface area contributed by atoms with Crippen LogP contribution in [-0.2, 0) is 9.59 Å². The highest BCUT2D eigenvalue weighted by Gasteiger charge is 2.34. The average Bonchev–Trinajstić information content (AvgIpc) is 2.95. The minimum absolute atomic E-state index is 0.0257. The first-order chi connectivity index (χ1) is 13.4. The molecule has 0 aliphatic carbocycles. The van der Waals surface area contributed by atoms with Crippen LogP contribution in [0.1, 0.15) is 19.4 Å². The van der Waals surface area contributed by atoms with E-state index in [-0.39, 0.29) is 5.57 Å². The van der Waals surface area contributed by atoms with E-state index in [9.17, 15) is 14.0 Å². The third-order valence-corrected chi connectivity index (χ3v) is 4.05.